The summed E-state index contributed by atoms with van der Waals surface area (Å²) in [6.07, 6.45) is 8.07. The first-order valence-electron chi connectivity index (χ1n) is 10.0. The molecule has 29 heavy (non-hydrogen) atoms. The van der Waals surface area contributed by atoms with Gasteiger partial charge in [-0.2, -0.15) is 0 Å². The first-order valence-corrected chi connectivity index (χ1v) is 11.5. The Kier molecular flexibility index (Phi) is 6.90. The van der Waals surface area contributed by atoms with Crippen LogP contribution in [-0.2, 0) is 10.0 Å². The summed E-state index contributed by atoms with van der Waals surface area (Å²) in [7, 11) is -1.97. The lowest BCUT2D eigenvalue weighted by molar-refractivity contribution is 0.0707. The quantitative estimate of drug-likeness (QED) is 0.758. The van der Waals surface area contributed by atoms with Crippen molar-refractivity contribution < 1.29 is 17.6 Å². The number of rotatable bonds is 5. The van der Waals surface area contributed by atoms with Gasteiger partial charge in [-0.05, 0) is 61.4 Å². The summed E-state index contributed by atoms with van der Waals surface area (Å²) < 4.78 is 40.3. The summed E-state index contributed by atoms with van der Waals surface area (Å²) in [5, 5.41) is 0. The van der Waals surface area contributed by atoms with Crippen molar-refractivity contribution in [2.45, 2.75) is 55.9 Å². The minimum atomic E-state index is -3.82. The minimum absolute atomic E-state index is 0.0249. The maximum atomic E-state index is 13.0. The second kappa shape index (κ2) is 9.39. The van der Waals surface area contributed by atoms with Crippen molar-refractivity contribution in [3.05, 3.63) is 59.9 Å². The van der Waals surface area contributed by atoms with Crippen LogP contribution in [0, 0.1) is 5.82 Å². The maximum Gasteiger partial charge on any atom is 0.261 e. The number of anilines is 1. The Balaban J connectivity index is 1.67. The molecule has 0 unspecified atom stereocenters. The maximum absolute atomic E-state index is 13.0. The first-order chi connectivity index (χ1) is 13.9. The molecule has 0 spiro atoms. The molecule has 1 N–H and O–H groups in total. The van der Waals surface area contributed by atoms with Gasteiger partial charge in [0.2, 0.25) is 0 Å². The zero-order valence-electron chi connectivity index (χ0n) is 16.6. The smallest absolute Gasteiger partial charge is 0.261 e. The van der Waals surface area contributed by atoms with E-state index >= 15 is 0 Å². The second-order valence-electron chi connectivity index (χ2n) is 7.55. The Morgan fingerprint density at radius 2 is 1.48 bits per heavy atom. The van der Waals surface area contributed by atoms with E-state index in [2.05, 4.69) is 4.72 Å². The van der Waals surface area contributed by atoms with Crippen molar-refractivity contribution in [1.82, 2.24) is 4.90 Å². The molecule has 1 aliphatic rings. The van der Waals surface area contributed by atoms with Crippen LogP contribution >= 0.6 is 0 Å². The predicted octanol–water partition coefficient (Wildman–Crippen LogP) is 4.81. The first kappa shape index (κ1) is 21.3. The van der Waals surface area contributed by atoms with Gasteiger partial charge in [0.05, 0.1) is 4.90 Å². The Labute approximate surface area is 172 Å². The molecule has 3 rings (SSSR count). The fourth-order valence-corrected chi connectivity index (χ4v) is 4.76. The zero-order chi connectivity index (χ0) is 20.9. The molecule has 0 radical (unpaired) electrons. The monoisotopic (exact) mass is 418 g/mol. The zero-order valence-corrected chi connectivity index (χ0v) is 17.4. The van der Waals surface area contributed by atoms with Crippen LogP contribution in [0.1, 0.15) is 55.3 Å². The fraction of sp³-hybridized carbons (Fsp3) is 0.409. The highest BCUT2D eigenvalue weighted by molar-refractivity contribution is 7.92. The van der Waals surface area contributed by atoms with Gasteiger partial charge in [0, 0.05) is 24.3 Å². The van der Waals surface area contributed by atoms with Crippen LogP contribution < -0.4 is 4.72 Å². The number of hydrogen-bond donors (Lipinski definition) is 1. The van der Waals surface area contributed by atoms with Gasteiger partial charge in [-0.15, -0.1) is 0 Å². The van der Waals surface area contributed by atoms with E-state index < -0.39 is 15.8 Å². The molecule has 0 heterocycles. The fourth-order valence-electron chi connectivity index (χ4n) is 3.70. The number of carbonyl (C=O) groups excluding carboxylic acids is 1. The molecule has 2 aromatic rings. The summed E-state index contributed by atoms with van der Waals surface area (Å²) in [6, 6.07) is 11.3. The highest BCUT2D eigenvalue weighted by Crippen LogP contribution is 2.23. The van der Waals surface area contributed by atoms with Crippen LogP contribution in [0.25, 0.3) is 0 Å². The molecular formula is C22H27FN2O3S. The molecule has 7 heteroatoms. The van der Waals surface area contributed by atoms with Gasteiger partial charge in [0.25, 0.3) is 15.9 Å². The van der Waals surface area contributed by atoms with Gasteiger partial charge in [0.15, 0.2) is 0 Å². The Morgan fingerprint density at radius 1 is 0.931 bits per heavy atom. The predicted molar refractivity (Wildman–Crippen MR) is 112 cm³/mol. The summed E-state index contributed by atoms with van der Waals surface area (Å²) in [6.45, 7) is 0. The third-order valence-corrected chi connectivity index (χ3v) is 6.85. The second-order valence-corrected chi connectivity index (χ2v) is 9.23. The standard InChI is InChI=1S/C22H27FN2O3S/c1-25(20-7-5-3-2-4-6-8-20)22(26)17-9-13-19(14-10-17)24-29(27,28)21-15-11-18(23)12-16-21/h9-16,20,24H,2-8H2,1H3. The van der Waals surface area contributed by atoms with Crippen molar-refractivity contribution in [2.75, 3.05) is 11.8 Å². The molecule has 5 nitrogen and oxygen atoms in total. The third kappa shape index (κ3) is 5.56. The van der Waals surface area contributed by atoms with E-state index in [0.29, 0.717) is 11.3 Å². The van der Waals surface area contributed by atoms with Crippen LogP contribution in [0.3, 0.4) is 0 Å². The summed E-state index contributed by atoms with van der Waals surface area (Å²) in [4.78, 5) is 14.6. The number of halogens is 1. The number of amides is 1. The van der Waals surface area contributed by atoms with Crippen molar-refractivity contribution >= 4 is 21.6 Å². The average molecular weight is 419 g/mol. The number of hydrogen-bond acceptors (Lipinski definition) is 3. The van der Waals surface area contributed by atoms with Gasteiger partial charge in [-0.3, -0.25) is 9.52 Å². The minimum Gasteiger partial charge on any atom is -0.339 e. The summed E-state index contributed by atoms with van der Waals surface area (Å²) in [5.41, 5.74) is 0.874. The number of carbonyl (C=O) groups is 1. The highest BCUT2D eigenvalue weighted by Gasteiger charge is 2.22. The van der Waals surface area contributed by atoms with Gasteiger partial charge in [-0.25, -0.2) is 12.8 Å². The van der Waals surface area contributed by atoms with Crippen LogP contribution in [-0.4, -0.2) is 32.3 Å². The lowest BCUT2D eigenvalue weighted by atomic mass is 9.95. The Bertz CT molecular complexity index is 920. The molecule has 2 aromatic carbocycles. The van der Waals surface area contributed by atoms with E-state index in [-0.39, 0.29) is 16.8 Å². The van der Waals surface area contributed by atoms with Crippen LogP contribution in [0.15, 0.2) is 53.4 Å². The van der Waals surface area contributed by atoms with Crippen molar-refractivity contribution in [1.29, 1.82) is 0 Å². The molecular weight excluding hydrogens is 391 g/mol. The number of benzene rings is 2. The molecule has 0 saturated heterocycles. The molecule has 0 atom stereocenters. The van der Waals surface area contributed by atoms with E-state index in [9.17, 15) is 17.6 Å². The molecule has 1 saturated carbocycles. The van der Waals surface area contributed by atoms with Crippen molar-refractivity contribution in [3.63, 3.8) is 0 Å². The average Bonchev–Trinajstić information content (AvgIpc) is 2.67. The van der Waals surface area contributed by atoms with E-state index in [4.69, 9.17) is 0 Å². The highest BCUT2D eigenvalue weighted by atomic mass is 32.2. The topological polar surface area (TPSA) is 66.5 Å². The van der Waals surface area contributed by atoms with E-state index in [0.717, 1.165) is 37.8 Å². The van der Waals surface area contributed by atoms with Crippen LogP contribution in [0.5, 0.6) is 0 Å². The van der Waals surface area contributed by atoms with E-state index in [1.54, 1.807) is 24.3 Å². The van der Waals surface area contributed by atoms with Gasteiger partial charge >= 0.3 is 0 Å². The molecule has 156 valence electrons. The summed E-state index contributed by atoms with van der Waals surface area (Å²) in [5.74, 6) is -0.552. The third-order valence-electron chi connectivity index (χ3n) is 5.45. The lowest BCUT2D eigenvalue weighted by Crippen LogP contribution is -2.37. The normalized spacial score (nSPS) is 15.9. The molecule has 0 aliphatic heterocycles. The van der Waals surface area contributed by atoms with E-state index in [1.165, 1.54) is 31.4 Å². The van der Waals surface area contributed by atoms with Gasteiger partial charge < -0.3 is 4.90 Å². The van der Waals surface area contributed by atoms with Crippen molar-refractivity contribution in [2.24, 2.45) is 0 Å². The molecule has 0 bridgehead atoms. The number of nitrogens with zero attached hydrogens (tertiary/aromatic N) is 1. The Hall–Kier alpha value is -2.41. The van der Waals surface area contributed by atoms with Gasteiger partial charge in [-0.1, -0.05) is 32.1 Å². The molecule has 1 amide bonds. The molecule has 1 fully saturated rings. The molecule has 0 aromatic heterocycles. The van der Waals surface area contributed by atoms with Gasteiger partial charge in [0.1, 0.15) is 5.82 Å². The Morgan fingerprint density at radius 3 is 2.07 bits per heavy atom. The van der Waals surface area contributed by atoms with E-state index in [1.807, 2.05) is 11.9 Å². The largest absolute Gasteiger partial charge is 0.339 e. The van der Waals surface area contributed by atoms with Crippen LogP contribution in [0.2, 0.25) is 0 Å². The van der Waals surface area contributed by atoms with Crippen LogP contribution in [0.4, 0.5) is 10.1 Å². The number of sulfonamides is 1. The number of nitrogens with one attached hydrogen (secondary N) is 1. The van der Waals surface area contributed by atoms with Crippen molar-refractivity contribution in [3.8, 4) is 0 Å². The summed E-state index contributed by atoms with van der Waals surface area (Å²) >= 11 is 0. The molecule has 1 aliphatic carbocycles. The lowest BCUT2D eigenvalue weighted by Gasteiger charge is -2.30. The SMILES string of the molecule is CN(C(=O)c1ccc(NS(=O)(=O)c2ccc(F)cc2)cc1)C1CCCCCCC1.